The van der Waals surface area contributed by atoms with Crippen molar-refractivity contribution in [1.29, 1.82) is 0 Å². The zero-order chi connectivity index (χ0) is 11.2. The summed E-state index contributed by atoms with van der Waals surface area (Å²) in [7, 11) is 0. The van der Waals surface area contributed by atoms with Crippen LogP contribution in [0.1, 0.15) is 12.0 Å². The van der Waals surface area contributed by atoms with E-state index in [9.17, 15) is 0 Å². The summed E-state index contributed by atoms with van der Waals surface area (Å²) < 4.78 is 0. The van der Waals surface area contributed by atoms with E-state index in [1.54, 1.807) is 0 Å². The van der Waals surface area contributed by atoms with Crippen LogP contribution in [0.4, 0.5) is 5.69 Å². The maximum absolute atomic E-state index is 3.59. The average Bonchev–Trinajstić information content (AvgIpc) is 2.73. The van der Waals surface area contributed by atoms with Gasteiger partial charge in [0.1, 0.15) is 0 Å². The zero-order valence-electron chi connectivity index (χ0n) is 9.53. The minimum atomic E-state index is 1.05. The van der Waals surface area contributed by atoms with Gasteiger partial charge in [-0.05, 0) is 40.8 Å². The minimum absolute atomic E-state index is 1.05. The molecule has 0 spiro atoms. The molecule has 0 atom stereocenters. The monoisotopic (exact) mass is 219 g/mol. The number of rotatable bonds is 0. The van der Waals surface area contributed by atoms with Gasteiger partial charge in [0.2, 0.25) is 0 Å². The molecule has 17 heavy (non-hydrogen) atoms. The van der Waals surface area contributed by atoms with E-state index >= 15 is 0 Å². The van der Waals surface area contributed by atoms with Crippen molar-refractivity contribution >= 4 is 5.69 Å². The lowest BCUT2D eigenvalue weighted by Gasteiger charge is -2.23. The van der Waals surface area contributed by atoms with Crippen LogP contribution < -0.4 is 5.32 Å². The third-order valence-corrected chi connectivity index (χ3v) is 3.69. The van der Waals surface area contributed by atoms with Crippen LogP contribution in [0.15, 0.2) is 71.0 Å². The van der Waals surface area contributed by atoms with Gasteiger partial charge in [-0.3, -0.25) is 0 Å². The van der Waals surface area contributed by atoms with E-state index in [0.29, 0.717) is 0 Å². The number of allylic oxidation sites excluding steroid dienone is 7. The van der Waals surface area contributed by atoms with Crippen LogP contribution in [0.5, 0.6) is 0 Å². The molecule has 1 heteroatoms. The molecule has 1 aromatic rings. The highest BCUT2D eigenvalue weighted by Gasteiger charge is 2.26. The van der Waals surface area contributed by atoms with E-state index in [1.807, 2.05) is 0 Å². The van der Waals surface area contributed by atoms with Crippen LogP contribution in [0.3, 0.4) is 0 Å². The highest BCUT2D eigenvalue weighted by molar-refractivity contribution is 5.73. The smallest absolute Gasteiger partial charge is 0.0462 e. The zero-order valence-corrected chi connectivity index (χ0v) is 9.53. The Morgan fingerprint density at radius 1 is 1.12 bits per heavy atom. The van der Waals surface area contributed by atoms with Crippen molar-refractivity contribution in [2.24, 2.45) is 0 Å². The molecule has 0 unspecified atom stereocenters. The summed E-state index contributed by atoms with van der Waals surface area (Å²) in [6, 6.07) is 8.58. The van der Waals surface area contributed by atoms with E-state index in [1.165, 1.54) is 33.7 Å². The Kier molecular flexibility index (Phi) is 1.72. The Bertz CT molecular complexity index is 627. The van der Waals surface area contributed by atoms with Crippen molar-refractivity contribution in [3.8, 4) is 0 Å². The summed E-state index contributed by atoms with van der Waals surface area (Å²) in [5.74, 6) is 0. The number of benzene rings is 1. The first-order valence-corrected chi connectivity index (χ1v) is 6.08. The first-order chi connectivity index (χ1) is 8.42. The molecule has 0 radical (unpaired) electrons. The molecule has 0 fully saturated rings. The van der Waals surface area contributed by atoms with Crippen molar-refractivity contribution in [3.05, 3.63) is 76.5 Å². The summed E-state index contributed by atoms with van der Waals surface area (Å²) in [5.41, 5.74) is 8.29. The third-order valence-electron chi connectivity index (χ3n) is 3.69. The second kappa shape index (κ2) is 3.24. The molecule has 1 nitrogen and oxygen atoms in total. The summed E-state index contributed by atoms with van der Waals surface area (Å²) in [6.45, 7) is 0. The number of hydrogen-bond donors (Lipinski definition) is 1. The number of nitrogens with one attached hydrogen (secondary N) is 1. The molecule has 3 aliphatic rings. The Labute approximate surface area is 101 Å². The van der Waals surface area contributed by atoms with Gasteiger partial charge >= 0.3 is 0 Å². The topological polar surface area (TPSA) is 12.0 Å². The maximum atomic E-state index is 3.59. The largest absolute Gasteiger partial charge is 0.355 e. The van der Waals surface area contributed by atoms with Gasteiger partial charge in [-0.15, -0.1) is 0 Å². The van der Waals surface area contributed by atoms with Crippen molar-refractivity contribution in [3.63, 3.8) is 0 Å². The van der Waals surface area contributed by atoms with Gasteiger partial charge in [0.05, 0.1) is 0 Å². The lowest BCUT2D eigenvalue weighted by Crippen LogP contribution is -2.12. The fourth-order valence-electron chi connectivity index (χ4n) is 2.84. The Balaban J connectivity index is 1.88. The highest BCUT2D eigenvalue weighted by Crippen LogP contribution is 2.41. The van der Waals surface area contributed by atoms with Gasteiger partial charge in [0, 0.05) is 17.8 Å². The molecular weight excluding hydrogens is 206 g/mol. The number of fused-ring (bicyclic) bond motifs is 3. The first kappa shape index (κ1) is 9.06. The van der Waals surface area contributed by atoms with E-state index < -0.39 is 0 Å². The first-order valence-electron chi connectivity index (χ1n) is 6.08. The molecular formula is C16H13N. The van der Waals surface area contributed by atoms with Gasteiger partial charge < -0.3 is 5.32 Å². The molecule has 4 rings (SSSR count). The van der Waals surface area contributed by atoms with Crippen LogP contribution in [0.2, 0.25) is 0 Å². The molecule has 1 aliphatic heterocycles. The van der Waals surface area contributed by atoms with Gasteiger partial charge in [-0.1, -0.05) is 36.4 Å². The Hall–Kier alpha value is -2.02. The molecule has 0 saturated carbocycles. The predicted molar refractivity (Wildman–Crippen MR) is 70.7 cm³/mol. The van der Waals surface area contributed by atoms with Gasteiger partial charge in [0.25, 0.3) is 0 Å². The Morgan fingerprint density at radius 3 is 3.06 bits per heavy atom. The normalized spacial score (nSPS) is 20.0. The van der Waals surface area contributed by atoms with E-state index in [-0.39, 0.29) is 0 Å². The molecule has 1 aromatic carbocycles. The Morgan fingerprint density at radius 2 is 2.06 bits per heavy atom. The molecule has 1 heterocycles. The lowest BCUT2D eigenvalue weighted by molar-refractivity contribution is 1.09. The van der Waals surface area contributed by atoms with Crippen LogP contribution in [0.25, 0.3) is 0 Å². The third kappa shape index (κ3) is 1.26. The van der Waals surface area contributed by atoms with Crippen LogP contribution in [-0.2, 0) is 6.42 Å². The van der Waals surface area contributed by atoms with Crippen LogP contribution in [-0.4, -0.2) is 0 Å². The van der Waals surface area contributed by atoms with E-state index in [4.69, 9.17) is 0 Å². The molecule has 0 amide bonds. The lowest BCUT2D eigenvalue weighted by atomic mass is 9.96. The predicted octanol–water partition coefficient (Wildman–Crippen LogP) is 3.74. The number of anilines is 1. The van der Waals surface area contributed by atoms with Crippen molar-refractivity contribution < 1.29 is 0 Å². The number of hydrogen-bond acceptors (Lipinski definition) is 1. The highest BCUT2D eigenvalue weighted by atomic mass is 14.9. The fraction of sp³-hybridized carbons (Fsp3) is 0.125. The summed E-state index contributed by atoms with van der Waals surface area (Å²) in [4.78, 5) is 0. The van der Waals surface area contributed by atoms with Gasteiger partial charge in [-0.2, -0.15) is 0 Å². The van der Waals surface area contributed by atoms with Crippen LogP contribution in [0, 0.1) is 0 Å². The molecule has 82 valence electrons. The van der Waals surface area contributed by atoms with Gasteiger partial charge in [-0.25, -0.2) is 0 Å². The molecule has 1 N–H and O–H groups in total. The second-order valence-electron chi connectivity index (χ2n) is 4.74. The van der Waals surface area contributed by atoms with Crippen molar-refractivity contribution in [2.45, 2.75) is 12.8 Å². The van der Waals surface area contributed by atoms with Gasteiger partial charge in [0.15, 0.2) is 0 Å². The van der Waals surface area contributed by atoms with E-state index in [0.717, 1.165) is 12.8 Å². The fourth-order valence-corrected chi connectivity index (χ4v) is 2.84. The van der Waals surface area contributed by atoms with Crippen molar-refractivity contribution in [1.82, 2.24) is 0 Å². The summed E-state index contributed by atoms with van der Waals surface area (Å²) in [6.07, 6.45) is 11.0. The summed E-state index contributed by atoms with van der Waals surface area (Å²) in [5, 5.41) is 3.59. The standard InChI is InChI=1S/C16H13N/c1-3-7-14-11(5-1)9-13-10-12-6-2-4-8-15(12)17-16(13)14/h1-6,8-9,17H,7,10H2. The molecule has 0 bridgehead atoms. The SMILES string of the molecule is C1=CCC2=C3Nc4ccccc4CC3=CC2=C1. The second-order valence-corrected chi connectivity index (χ2v) is 4.74. The molecule has 2 aliphatic carbocycles. The van der Waals surface area contributed by atoms with Crippen molar-refractivity contribution in [2.75, 3.05) is 5.32 Å². The molecule has 0 saturated heterocycles. The minimum Gasteiger partial charge on any atom is -0.355 e. The van der Waals surface area contributed by atoms with E-state index in [2.05, 4.69) is 53.9 Å². The maximum Gasteiger partial charge on any atom is 0.0462 e. The number of para-hydroxylation sites is 1. The molecule has 0 aromatic heterocycles. The average molecular weight is 219 g/mol. The quantitative estimate of drug-likeness (QED) is 0.701. The van der Waals surface area contributed by atoms with Crippen LogP contribution >= 0.6 is 0 Å². The summed E-state index contributed by atoms with van der Waals surface area (Å²) >= 11 is 0.